The van der Waals surface area contributed by atoms with Crippen molar-refractivity contribution >= 4 is 17.3 Å². The summed E-state index contributed by atoms with van der Waals surface area (Å²) in [6.07, 6.45) is 8.67. The molecule has 3 aromatic rings. The molecule has 35 heavy (non-hydrogen) atoms. The van der Waals surface area contributed by atoms with Crippen LogP contribution in [-0.4, -0.2) is 52.4 Å². The zero-order valence-electron chi connectivity index (χ0n) is 22.0. The fraction of sp³-hybridized carbons (Fsp3) is 0.517. The molecular weight excluding hydrogens is 436 g/mol. The van der Waals surface area contributed by atoms with E-state index in [2.05, 4.69) is 66.4 Å². The van der Waals surface area contributed by atoms with Crippen molar-refractivity contribution in [3.8, 4) is 11.1 Å². The van der Waals surface area contributed by atoms with Crippen molar-refractivity contribution in [2.45, 2.75) is 71.8 Å². The topological polar surface area (TPSA) is 50.1 Å². The molecule has 1 fully saturated rings. The fourth-order valence-corrected chi connectivity index (χ4v) is 5.00. The van der Waals surface area contributed by atoms with Crippen molar-refractivity contribution in [1.29, 1.82) is 0 Å². The minimum absolute atomic E-state index is 0.231. The number of piperazine rings is 1. The first-order valence-electron chi connectivity index (χ1n) is 13.1. The molecule has 0 bridgehead atoms. The van der Waals surface area contributed by atoms with Crippen molar-refractivity contribution in [1.82, 2.24) is 14.5 Å². The second-order valence-electron chi connectivity index (χ2n) is 10.6. The zero-order chi connectivity index (χ0) is 25.0. The number of ether oxygens (including phenoxy) is 1. The number of nitrogens with zero attached hydrogens (tertiary/aromatic N) is 4. The number of hydrogen-bond donors (Lipinski definition) is 0. The standard InChI is InChI=1S/C29H40N4O2/c1-6-8-22(9-7-2)23-10-12-24(13-11-23)25-20-27-26(14-15-30-33(27)21-25)31-16-18-32(19-17-31)28(34)35-29(3,4)5/h10-15,20-22H,6-9,16-19H2,1-5H3. The Balaban J connectivity index is 1.50. The third-order valence-corrected chi connectivity index (χ3v) is 6.75. The Kier molecular flexibility index (Phi) is 7.68. The molecule has 0 radical (unpaired) electrons. The van der Waals surface area contributed by atoms with E-state index in [-0.39, 0.29) is 6.09 Å². The maximum Gasteiger partial charge on any atom is 0.410 e. The van der Waals surface area contributed by atoms with E-state index in [1.54, 1.807) is 4.90 Å². The SMILES string of the molecule is CCCC(CCC)c1ccc(-c2cc3c(N4CCN(C(=O)OC(C)(C)C)CC4)ccnn3c2)cc1. The quantitative estimate of drug-likeness (QED) is 0.379. The Morgan fingerprint density at radius 1 is 0.971 bits per heavy atom. The molecule has 1 saturated heterocycles. The maximum atomic E-state index is 12.4. The summed E-state index contributed by atoms with van der Waals surface area (Å²) in [5.74, 6) is 0.653. The number of benzene rings is 1. The largest absolute Gasteiger partial charge is 0.444 e. The second-order valence-corrected chi connectivity index (χ2v) is 10.6. The number of carbonyl (C=O) groups is 1. The summed E-state index contributed by atoms with van der Waals surface area (Å²) in [7, 11) is 0. The van der Waals surface area contributed by atoms with Gasteiger partial charge in [0.1, 0.15) is 5.60 Å². The molecule has 3 heterocycles. The third kappa shape index (κ3) is 5.98. The Morgan fingerprint density at radius 2 is 1.63 bits per heavy atom. The molecule has 6 nitrogen and oxygen atoms in total. The van der Waals surface area contributed by atoms with E-state index in [0.29, 0.717) is 19.0 Å². The van der Waals surface area contributed by atoms with Crippen LogP contribution < -0.4 is 4.90 Å². The van der Waals surface area contributed by atoms with Crippen molar-refractivity contribution < 1.29 is 9.53 Å². The van der Waals surface area contributed by atoms with Crippen LogP contribution in [-0.2, 0) is 4.74 Å². The molecule has 0 atom stereocenters. The van der Waals surface area contributed by atoms with Gasteiger partial charge in [0.05, 0.1) is 11.2 Å². The molecule has 1 aliphatic heterocycles. The number of carbonyl (C=O) groups excluding carboxylic acids is 1. The summed E-state index contributed by atoms with van der Waals surface area (Å²) in [5, 5.41) is 4.57. The molecule has 0 saturated carbocycles. The van der Waals surface area contributed by atoms with Crippen LogP contribution in [0.4, 0.5) is 10.5 Å². The van der Waals surface area contributed by atoms with Gasteiger partial charge >= 0.3 is 6.09 Å². The first-order valence-corrected chi connectivity index (χ1v) is 13.1. The molecule has 0 aliphatic carbocycles. The number of hydrogen-bond acceptors (Lipinski definition) is 4. The normalized spacial score (nSPS) is 14.7. The lowest BCUT2D eigenvalue weighted by Gasteiger charge is -2.36. The molecule has 1 amide bonds. The molecule has 0 unspecified atom stereocenters. The summed E-state index contributed by atoms with van der Waals surface area (Å²) in [6.45, 7) is 13.1. The highest BCUT2D eigenvalue weighted by Gasteiger charge is 2.26. The first kappa shape index (κ1) is 25.1. The zero-order valence-corrected chi connectivity index (χ0v) is 22.0. The molecule has 188 valence electrons. The molecule has 2 aromatic heterocycles. The van der Waals surface area contributed by atoms with Crippen LogP contribution in [0.25, 0.3) is 16.6 Å². The van der Waals surface area contributed by atoms with Crippen LogP contribution in [0.5, 0.6) is 0 Å². The third-order valence-electron chi connectivity index (χ3n) is 6.75. The average molecular weight is 477 g/mol. The van der Waals surface area contributed by atoms with E-state index < -0.39 is 5.60 Å². The van der Waals surface area contributed by atoms with Gasteiger partial charge in [0.15, 0.2) is 0 Å². The van der Waals surface area contributed by atoms with Gasteiger partial charge in [-0.25, -0.2) is 9.31 Å². The molecule has 0 spiro atoms. The van der Waals surface area contributed by atoms with E-state index in [1.165, 1.54) is 42.4 Å². The van der Waals surface area contributed by atoms with Crippen molar-refractivity contribution in [2.75, 3.05) is 31.1 Å². The predicted molar refractivity (Wildman–Crippen MR) is 143 cm³/mol. The lowest BCUT2D eigenvalue weighted by atomic mass is 9.89. The van der Waals surface area contributed by atoms with Crippen molar-refractivity contribution in [2.24, 2.45) is 0 Å². The highest BCUT2D eigenvalue weighted by molar-refractivity contribution is 5.80. The van der Waals surface area contributed by atoms with E-state index >= 15 is 0 Å². The highest BCUT2D eigenvalue weighted by atomic mass is 16.6. The number of amides is 1. The molecule has 1 aliphatic rings. The summed E-state index contributed by atoms with van der Waals surface area (Å²) < 4.78 is 7.51. The predicted octanol–water partition coefficient (Wildman–Crippen LogP) is 6.74. The Morgan fingerprint density at radius 3 is 2.23 bits per heavy atom. The summed E-state index contributed by atoms with van der Waals surface area (Å²) in [6, 6.07) is 13.4. The van der Waals surface area contributed by atoms with E-state index in [1.807, 2.05) is 31.5 Å². The van der Waals surface area contributed by atoms with Gasteiger partial charge in [0.2, 0.25) is 0 Å². The molecule has 0 N–H and O–H groups in total. The van der Waals surface area contributed by atoms with Crippen LogP contribution in [0.3, 0.4) is 0 Å². The van der Waals surface area contributed by atoms with Crippen LogP contribution in [0.1, 0.15) is 71.8 Å². The number of aromatic nitrogens is 2. The minimum Gasteiger partial charge on any atom is -0.444 e. The number of fused-ring (bicyclic) bond motifs is 1. The second kappa shape index (κ2) is 10.7. The monoisotopic (exact) mass is 476 g/mol. The van der Waals surface area contributed by atoms with Crippen LogP contribution >= 0.6 is 0 Å². The van der Waals surface area contributed by atoms with Gasteiger partial charge in [-0.2, -0.15) is 5.10 Å². The number of anilines is 1. The lowest BCUT2D eigenvalue weighted by Crippen LogP contribution is -2.50. The van der Waals surface area contributed by atoms with Crippen molar-refractivity contribution in [3.63, 3.8) is 0 Å². The van der Waals surface area contributed by atoms with Gasteiger partial charge in [-0.05, 0) is 62.8 Å². The first-order chi connectivity index (χ1) is 16.8. The fourth-order valence-electron chi connectivity index (χ4n) is 5.00. The van der Waals surface area contributed by atoms with Gasteiger partial charge in [0, 0.05) is 44.1 Å². The Hall–Kier alpha value is -3.02. The summed E-state index contributed by atoms with van der Waals surface area (Å²) in [4.78, 5) is 16.6. The maximum absolute atomic E-state index is 12.4. The molecular formula is C29H40N4O2. The summed E-state index contributed by atoms with van der Waals surface area (Å²) >= 11 is 0. The summed E-state index contributed by atoms with van der Waals surface area (Å²) in [5.41, 5.74) is 5.60. The van der Waals surface area contributed by atoms with Crippen LogP contribution in [0, 0.1) is 0 Å². The smallest absolute Gasteiger partial charge is 0.410 e. The van der Waals surface area contributed by atoms with E-state index in [0.717, 1.165) is 24.3 Å². The Labute approximate surface area is 209 Å². The minimum atomic E-state index is -0.473. The van der Waals surface area contributed by atoms with Crippen molar-refractivity contribution in [3.05, 3.63) is 54.4 Å². The average Bonchev–Trinajstić information content (AvgIpc) is 3.28. The van der Waals surface area contributed by atoms with Gasteiger partial charge in [-0.1, -0.05) is 51.0 Å². The van der Waals surface area contributed by atoms with Gasteiger partial charge < -0.3 is 14.5 Å². The van der Waals surface area contributed by atoms with Gasteiger partial charge in [-0.3, -0.25) is 0 Å². The molecule has 6 heteroatoms. The molecule has 4 rings (SSSR count). The lowest BCUT2D eigenvalue weighted by molar-refractivity contribution is 0.0240. The van der Waals surface area contributed by atoms with Gasteiger partial charge in [0.25, 0.3) is 0 Å². The van der Waals surface area contributed by atoms with Gasteiger partial charge in [-0.15, -0.1) is 0 Å². The van der Waals surface area contributed by atoms with E-state index in [4.69, 9.17) is 4.74 Å². The van der Waals surface area contributed by atoms with Crippen LogP contribution in [0.2, 0.25) is 0 Å². The van der Waals surface area contributed by atoms with E-state index in [9.17, 15) is 4.79 Å². The molecule has 1 aromatic carbocycles. The van der Waals surface area contributed by atoms with Crippen LogP contribution in [0.15, 0.2) is 48.8 Å². The number of rotatable bonds is 7. The highest BCUT2D eigenvalue weighted by Crippen LogP contribution is 2.31. The Bertz CT molecular complexity index is 1120.